The minimum atomic E-state index is -1.41. The number of esters is 1. The number of nitrogens with zero attached hydrogens (tertiary/aromatic N) is 1. The molecule has 0 amide bonds. The highest BCUT2D eigenvalue weighted by Crippen LogP contribution is 2.20. The van der Waals surface area contributed by atoms with Gasteiger partial charge in [-0.2, -0.15) is 5.26 Å². The summed E-state index contributed by atoms with van der Waals surface area (Å²) in [6, 6.07) is 18.4. The number of carbonyl (C=O) groups is 2. The Kier molecular flexibility index (Phi) is 6.27. The van der Waals surface area contributed by atoms with Gasteiger partial charge in [0.2, 0.25) is 5.92 Å². The molecule has 0 aliphatic heterocycles. The number of Topliss-reactive ketones (excluding diaryl/α,β-unsaturated/α-hetero) is 1. The third kappa shape index (κ3) is 4.30. The third-order valence-electron chi connectivity index (χ3n) is 3.65. The summed E-state index contributed by atoms with van der Waals surface area (Å²) in [6.07, 6.45) is 1.59. The molecule has 0 radical (unpaired) electrons. The van der Waals surface area contributed by atoms with Gasteiger partial charge in [0.15, 0.2) is 5.78 Å². The Labute approximate surface area is 141 Å². The van der Waals surface area contributed by atoms with E-state index in [1.54, 1.807) is 30.3 Å². The van der Waals surface area contributed by atoms with Gasteiger partial charge in [0.1, 0.15) is 0 Å². The van der Waals surface area contributed by atoms with Gasteiger partial charge in [-0.25, -0.2) is 0 Å². The predicted octanol–water partition coefficient (Wildman–Crippen LogP) is 4.02. The highest BCUT2D eigenvalue weighted by molar-refractivity contribution is 6.10. The normalized spacial score (nSPS) is 11.3. The molecule has 0 fully saturated rings. The minimum absolute atomic E-state index is 0.230. The number of hydrogen-bond donors (Lipinski definition) is 0. The van der Waals surface area contributed by atoms with E-state index in [1.807, 2.05) is 37.3 Å². The van der Waals surface area contributed by atoms with Crippen LogP contribution in [0, 0.1) is 17.2 Å². The van der Waals surface area contributed by atoms with Crippen molar-refractivity contribution in [2.24, 2.45) is 5.92 Å². The summed E-state index contributed by atoms with van der Waals surface area (Å²) in [6.45, 7) is 2.20. The molecule has 0 heterocycles. The lowest BCUT2D eigenvalue weighted by atomic mass is 9.96. The number of unbranched alkanes of at least 4 members (excludes halogenated alkanes) is 1. The largest absolute Gasteiger partial charge is 0.464 e. The molecule has 0 aromatic heterocycles. The molecule has 24 heavy (non-hydrogen) atoms. The lowest BCUT2D eigenvalue weighted by molar-refractivity contribution is -0.145. The zero-order valence-electron chi connectivity index (χ0n) is 13.6. The fourth-order valence-electron chi connectivity index (χ4n) is 2.24. The Hall–Kier alpha value is -2.93. The van der Waals surface area contributed by atoms with Crippen molar-refractivity contribution < 1.29 is 14.3 Å². The van der Waals surface area contributed by atoms with Crippen molar-refractivity contribution in [1.82, 2.24) is 0 Å². The van der Waals surface area contributed by atoms with Gasteiger partial charge in [0.25, 0.3) is 0 Å². The molecule has 4 heteroatoms. The van der Waals surface area contributed by atoms with Gasteiger partial charge < -0.3 is 4.74 Å². The first kappa shape index (κ1) is 17.4. The zero-order valence-corrected chi connectivity index (χ0v) is 13.6. The molecule has 0 bridgehead atoms. The Morgan fingerprint density at radius 1 is 1.04 bits per heavy atom. The quantitative estimate of drug-likeness (QED) is 0.334. The summed E-state index contributed by atoms with van der Waals surface area (Å²) >= 11 is 0. The van der Waals surface area contributed by atoms with Crippen LogP contribution in [0.15, 0.2) is 54.6 Å². The van der Waals surface area contributed by atoms with Crippen LogP contribution < -0.4 is 0 Å². The number of carbonyl (C=O) groups excluding carboxylic acids is 2. The van der Waals surface area contributed by atoms with Crippen LogP contribution in [0.25, 0.3) is 11.1 Å². The van der Waals surface area contributed by atoms with Gasteiger partial charge >= 0.3 is 5.97 Å². The van der Waals surface area contributed by atoms with E-state index in [2.05, 4.69) is 0 Å². The average Bonchev–Trinajstić information content (AvgIpc) is 2.63. The second-order valence-corrected chi connectivity index (χ2v) is 5.39. The lowest BCUT2D eigenvalue weighted by Gasteiger charge is -2.09. The molecule has 0 aliphatic carbocycles. The van der Waals surface area contributed by atoms with E-state index < -0.39 is 17.7 Å². The molecule has 2 aromatic rings. The third-order valence-corrected chi connectivity index (χ3v) is 3.65. The summed E-state index contributed by atoms with van der Waals surface area (Å²) in [5, 5.41) is 9.15. The molecule has 0 N–H and O–H groups in total. The van der Waals surface area contributed by atoms with Gasteiger partial charge in [-0.05, 0) is 17.5 Å². The van der Waals surface area contributed by atoms with E-state index in [0.29, 0.717) is 12.0 Å². The maximum atomic E-state index is 12.4. The highest BCUT2D eigenvalue weighted by atomic mass is 16.5. The number of hydrogen-bond acceptors (Lipinski definition) is 4. The van der Waals surface area contributed by atoms with Gasteiger partial charge in [-0.15, -0.1) is 0 Å². The highest BCUT2D eigenvalue weighted by Gasteiger charge is 2.28. The van der Waals surface area contributed by atoms with Crippen molar-refractivity contribution in [1.29, 1.82) is 5.26 Å². The van der Waals surface area contributed by atoms with Crippen molar-refractivity contribution in [3.05, 3.63) is 60.2 Å². The zero-order chi connectivity index (χ0) is 17.4. The van der Waals surface area contributed by atoms with E-state index in [9.17, 15) is 9.59 Å². The Balaban J connectivity index is 2.11. The topological polar surface area (TPSA) is 67.2 Å². The van der Waals surface area contributed by atoms with Gasteiger partial charge in [0, 0.05) is 5.56 Å². The standard InChI is InChI=1S/C20H19NO3/c1-2-3-13-24-20(23)18(14-21)19(22)17-11-9-16(10-12-17)15-7-5-4-6-8-15/h4-12,18H,2-3,13H2,1H3. The molecular formula is C20H19NO3. The van der Waals surface area contributed by atoms with Crippen molar-refractivity contribution >= 4 is 11.8 Å². The molecule has 2 rings (SSSR count). The van der Waals surface area contributed by atoms with E-state index in [4.69, 9.17) is 10.00 Å². The fraction of sp³-hybridized carbons (Fsp3) is 0.250. The summed E-state index contributed by atoms with van der Waals surface area (Å²) in [5.41, 5.74) is 2.33. The molecule has 4 nitrogen and oxygen atoms in total. The smallest absolute Gasteiger partial charge is 0.331 e. The number of rotatable bonds is 7. The van der Waals surface area contributed by atoms with Gasteiger partial charge in [0.05, 0.1) is 12.7 Å². The van der Waals surface area contributed by atoms with Crippen LogP contribution in [0.3, 0.4) is 0 Å². The molecule has 1 unspecified atom stereocenters. The van der Waals surface area contributed by atoms with Crippen LogP contribution in [0.2, 0.25) is 0 Å². The second-order valence-electron chi connectivity index (χ2n) is 5.39. The van der Waals surface area contributed by atoms with Crippen LogP contribution in [0.1, 0.15) is 30.1 Å². The SMILES string of the molecule is CCCCOC(=O)C(C#N)C(=O)c1ccc(-c2ccccc2)cc1. The number of ether oxygens (including phenoxy) is 1. The average molecular weight is 321 g/mol. The molecule has 0 saturated heterocycles. The molecule has 0 saturated carbocycles. The van der Waals surface area contributed by atoms with E-state index in [-0.39, 0.29) is 6.61 Å². The first-order valence-electron chi connectivity index (χ1n) is 7.93. The summed E-state index contributed by atoms with van der Waals surface area (Å²) < 4.78 is 4.99. The van der Waals surface area contributed by atoms with E-state index in [1.165, 1.54) is 0 Å². The number of benzene rings is 2. The number of ketones is 1. The van der Waals surface area contributed by atoms with E-state index in [0.717, 1.165) is 17.5 Å². The monoisotopic (exact) mass is 321 g/mol. The molecule has 0 spiro atoms. The Morgan fingerprint density at radius 3 is 2.25 bits per heavy atom. The van der Waals surface area contributed by atoms with Crippen LogP contribution in [-0.2, 0) is 9.53 Å². The summed E-state index contributed by atoms with van der Waals surface area (Å²) in [7, 11) is 0. The lowest BCUT2D eigenvalue weighted by Crippen LogP contribution is -2.25. The maximum absolute atomic E-state index is 12.4. The van der Waals surface area contributed by atoms with Crippen LogP contribution in [0.4, 0.5) is 0 Å². The first-order chi connectivity index (χ1) is 11.7. The molecule has 122 valence electrons. The van der Waals surface area contributed by atoms with E-state index >= 15 is 0 Å². The molecule has 2 aromatic carbocycles. The van der Waals surface area contributed by atoms with Crippen LogP contribution in [0.5, 0.6) is 0 Å². The van der Waals surface area contributed by atoms with Crippen LogP contribution in [-0.4, -0.2) is 18.4 Å². The summed E-state index contributed by atoms with van der Waals surface area (Å²) in [5.74, 6) is -2.72. The molecule has 0 aliphatic rings. The van der Waals surface area contributed by atoms with Crippen molar-refractivity contribution in [2.45, 2.75) is 19.8 Å². The van der Waals surface area contributed by atoms with Crippen molar-refractivity contribution in [3.8, 4) is 17.2 Å². The Bertz CT molecular complexity index is 730. The van der Waals surface area contributed by atoms with Crippen LogP contribution >= 0.6 is 0 Å². The van der Waals surface area contributed by atoms with Crippen molar-refractivity contribution in [2.75, 3.05) is 6.61 Å². The van der Waals surface area contributed by atoms with Gasteiger partial charge in [-0.3, -0.25) is 9.59 Å². The number of nitriles is 1. The maximum Gasteiger partial charge on any atom is 0.331 e. The second kappa shape index (κ2) is 8.64. The van der Waals surface area contributed by atoms with Gasteiger partial charge in [-0.1, -0.05) is 67.9 Å². The van der Waals surface area contributed by atoms with Crippen molar-refractivity contribution in [3.63, 3.8) is 0 Å². The molecular weight excluding hydrogens is 302 g/mol. The first-order valence-corrected chi connectivity index (χ1v) is 7.93. The summed E-state index contributed by atoms with van der Waals surface area (Å²) in [4.78, 5) is 24.3. The minimum Gasteiger partial charge on any atom is -0.464 e. The Morgan fingerprint density at radius 2 is 1.67 bits per heavy atom. The predicted molar refractivity (Wildman–Crippen MR) is 91.2 cm³/mol. The fourth-order valence-corrected chi connectivity index (χ4v) is 2.24. The molecule has 1 atom stereocenters.